The van der Waals surface area contributed by atoms with Gasteiger partial charge in [-0.1, -0.05) is 18.0 Å². The van der Waals surface area contributed by atoms with E-state index < -0.39 is 6.10 Å². The molecule has 0 spiro atoms. The molecule has 1 aliphatic rings. The predicted molar refractivity (Wildman–Crippen MR) is 87.0 cm³/mol. The highest BCUT2D eigenvalue weighted by Gasteiger charge is 2.25. The van der Waals surface area contributed by atoms with Crippen LogP contribution < -0.4 is 10.6 Å². The van der Waals surface area contributed by atoms with E-state index in [9.17, 15) is 10.2 Å². The Morgan fingerprint density at radius 2 is 2.29 bits per heavy atom. The second kappa shape index (κ2) is 7.98. The van der Waals surface area contributed by atoms with Gasteiger partial charge in [0.25, 0.3) is 0 Å². The Balaban J connectivity index is 1.75. The standard InChI is InChI=1S/C14H22ClN3O2S/c1-16-14(17-7-9-3-2-4-10(9)19)18-8-11(20)12-5-6-13(15)21-12/h5-6,9-11,19-20H,2-4,7-8H2,1H3,(H2,16,17,18). The number of aliphatic hydroxyl groups is 2. The van der Waals surface area contributed by atoms with Crippen LogP contribution in [0.25, 0.3) is 0 Å². The first kappa shape index (κ1) is 16.5. The molecule has 0 bridgehead atoms. The number of nitrogens with one attached hydrogen (secondary N) is 2. The third kappa shape index (κ3) is 4.85. The summed E-state index contributed by atoms with van der Waals surface area (Å²) < 4.78 is 0.668. The average molecular weight is 332 g/mol. The molecule has 1 aromatic rings. The van der Waals surface area contributed by atoms with E-state index in [1.165, 1.54) is 11.3 Å². The summed E-state index contributed by atoms with van der Waals surface area (Å²) in [5, 5.41) is 26.1. The topological polar surface area (TPSA) is 76.9 Å². The number of nitrogens with zero attached hydrogens (tertiary/aromatic N) is 1. The van der Waals surface area contributed by atoms with E-state index in [0.717, 1.165) is 24.1 Å². The molecule has 2 rings (SSSR count). The molecule has 7 heteroatoms. The minimum absolute atomic E-state index is 0.213. The maximum atomic E-state index is 10.1. The van der Waals surface area contributed by atoms with Crippen molar-refractivity contribution in [3.63, 3.8) is 0 Å². The van der Waals surface area contributed by atoms with Crippen LogP contribution in [0.3, 0.4) is 0 Å². The third-order valence-electron chi connectivity index (χ3n) is 3.76. The molecule has 0 amide bonds. The Kier molecular flexibility index (Phi) is 6.29. The van der Waals surface area contributed by atoms with Crippen molar-refractivity contribution >= 4 is 28.9 Å². The first-order valence-corrected chi connectivity index (χ1v) is 8.35. The van der Waals surface area contributed by atoms with Crippen molar-refractivity contribution in [1.29, 1.82) is 0 Å². The van der Waals surface area contributed by atoms with Gasteiger partial charge >= 0.3 is 0 Å². The van der Waals surface area contributed by atoms with Gasteiger partial charge in [0.1, 0.15) is 6.10 Å². The van der Waals surface area contributed by atoms with E-state index in [-0.39, 0.29) is 12.0 Å². The van der Waals surface area contributed by atoms with E-state index in [4.69, 9.17) is 11.6 Å². The lowest BCUT2D eigenvalue weighted by atomic mass is 10.1. The smallest absolute Gasteiger partial charge is 0.191 e. The van der Waals surface area contributed by atoms with E-state index in [2.05, 4.69) is 15.6 Å². The summed E-state index contributed by atoms with van der Waals surface area (Å²) in [7, 11) is 1.69. The van der Waals surface area contributed by atoms with Gasteiger partial charge in [-0.15, -0.1) is 11.3 Å². The summed E-state index contributed by atoms with van der Waals surface area (Å²) in [4.78, 5) is 4.95. The van der Waals surface area contributed by atoms with Gasteiger partial charge in [-0.05, 0) is 25.0 Å². The average Bonchev–Trinajstić information content (AvgIpc) is 3.08. The Bertz CT molecular complexity index is 481. The highest BCUT2D eigenvalue weighted by atomic mass is 35.5. The number of thiophene rings is 1. The quantitative estimate of drug-likeness (QED) is 0.490. The molecule has 21 heavy (non-hydrogen) atoms. The van der Waals surface area contributed by atoms with Gasteiger partial charge in [-0.25, -0.2) is 0 Å². The summed E-state index contributed by atoms with van der Waals surface area (Å²) in [5.74, 6) is 0.917. The molecule has 4 N–H and O–H groups in total. The molecule has 0 aromatic carbocycles. The summed E-state index contributed by atoms with van der Waals surface area (Å²) in [6.07, 6.45) is 2.18. The van der Waals surface area contributed by atoms with Crippen LogP contribution in [0, 0.1) is 5.92 Å². The minimum Gasteiger partial charge on any atom is -0.393 e. The normalized spacial score (nSPS) is 24.1. The molecule has 118 valence electrons. The molecule has 5 nitrogen and oxygen atoms in total. The fourth-order valence-corrected chi connectivity index (χ4v) is 3.55. The number of hydrogen-bond acceptors (Lipinski definition) is 4. The zero-order chi connectivity index (χ0) is 15.2. The molecule has 1 aromatic heterocycles. The van der Waals surface area contributed by atoms with Crippen LogP contribution in [0.5, 0.6) is 0 Å². The van der Waals surface area contributed by atoms with Crippen molar-refractivity contribution in [2.75, 3.05) is 20.1 Å². The summed E-state index contributed by atoms with van der Waals surface area (Å²) >= 11 is 7.23. The molecule has 1 fully saturated rings. The Morgan fingerprint density at radius 3 is 2.86 bits per heavy atom. The molecule has 3 unspecified atom stereocenters. The Labute approximate surface area is 134 Å². The second-order valence-electron chi connectivity index (χ2n) is 5.25. The van der Waals surface area contributed by atoms with Gasteiger partial charge < -0.3 is 20.8 Å². The van der Waals surface area contributed by atoms with Crippen molar-refractivity contribution in [3.05, 3.63) is 21.3 Å². The second-order valence-corrected chi connectivity index (χ2v) is 7.00. The van der Waals surface area contributed by atoms with Gasteiger partial charge in [0.15, 0.2) is 5.96 Å². The van der Waals surface area contributed by atoms with Crippen LogP contribution in [0.1, 0.15) is 30.2 Å². The summed E-state index contributed by atoms with van der Waals surface area (Å²) in [6, 6.07) is 3.60. The highest BCUT2D eigenvalue weighted by molar-refractivity contribution is 7.16. The zero-order valence-electron chi connectivity index (χ0n) is 12.1. The molecule has 0 radical (unpaired) electrons. The molecule has 3 atom stereocenters. The number of aliphatic imine (C=N–C) groups is 1. The van der Waals surface area contributed by atoms with Gasteiger partial charge in [-0.3, -0.25) is 4.99 Å². The fraction of sp³-hybridized carbons (Fsp3) is 0.643. The number of hydrogen-bond donors (Lipinski definition) is 4. The Hall–Kier alpha value is -0.820. The van der Waals surface area contributed by atoms with E-state index in [0.29, 0.717) is 23.4 Å². The number of rotatable bonds is 5. The SMILES string of the molecule is CN=C(NCC(O)c1ccc(Cl)s1)NCC1CCCC1O. The van der Waals surface area contributed by atoms with E-state index in [1.54, 1.807) is 13.1 Å². The first-order valence-electron chi connectivity index (χ1n) is 7.16. The fourth-order valence-electron chi connectivity index (χ4n) is 2.51. The van der Waals surface area contributed by atoms with Crippen molar-refractivity contribution in [1.82, 2.24) is 10.6 Å². The van der Waals surface area contributed by atoms with Gasteiger partial charge in [0.05, 0.1) is 10.4 Å². The van der Waals surface area contributed by atoms with Crippen LogP contribution in [0.2, 0.25) is 4.34 Å². The summed E-state index contributed by atoms with van der Waals surface area (Å²) in [6.45, 7) is 1.06. The van der Waals surface area contributed by atoms with Gasteiger partial charge in [0, 0.05) is 30.9 Å². The first-order chi connectivity index (χ1) is 10.1. The molecule has 1 heterocycles. The van der Waals surface area contributed by atoms with Crippen molar-refractivity contribution < 1.29 is 10.2 Å². The molecule has 0 aliphatic heterocycles. The van der Waals surface area contributed by atoms with Crippen LogP contribution in [-0.4, -0.2) is 42.4 Å². The van der Waals surface area contributed by atoms with E-state index in [1.807, 2.05) is 6.07 Å². The van der Waals surface area contributed by atoms with Crippen molar-refractivity contribution in [2.24, 2.45) is 10.9 Å². The highest BCUT2D eigenvalue weighted by Crippen LogP contribution is 2.26. The molecule has 0 saturated heterocycles. The number of halogens is 1. The molecular weight excluding hydrogens is 310 g/mol. The van der Waals surface area contributed by atoms with Crippen LogP contribution in [0.4, 0.5) is 0 Å². The van der Waals surface area contributed by atoms with Crippen LogP contribution in [0.15, 0.2) is 17.1 Å². The zero-order valence-corrected chi connectivity index (χ0v) is 13.6. The van der Waals surface area contributed by atoms with E-state index >= 15 is 0 Å². The lowest BCUT2D eigenvalue weighted by Crippen LogP contribution is -2.42. The van der Waals surface area contributed by atoms with Gasteiger partial charge in [0.2, 0.25) is 0 Å². The minimum atomic E-state index is -0.613. The largest absolute Gasteiger partial charge is 0.393 e. The van der Waals surface area contributed by atoms with Crippen LogP contribution in [-0.2, 0) is 0 Å². The van der Waals surface area contributed by atoms with Gasteiger partial charge in [-0.2, -0.15) is 0 Å². The predicted octanol–water partition coefficient (Wildman–Crippen LogP) is 1.76. The molecule has 1 aliphatic carbocycles. The number of aliphatic hydroxyl groups excluding tert-OH is 2. The lowest BCUT2D eigenvalue weighted by Gasteiger charge is -2.18. The number of guanidine groups is 1. The van der Waals surface area contributed by atoms with Crippen LogP contribution >= 0.6 is 22.9 Å². The third-order valence-corrected chi connectivity index (χ3v) is 5.09. The van der Waals surface area contributed by atoms with Crippen molar-refractivity contribution in [2.45, 2.75) is 31.5 Å². The monoisotopic (exact) mass is 331 g/mol. The maximum absolute atomic E-state index is 10.1. The lowest BCUT2D eigenvalue weighted by molar-refractivity contribution is 0.134. The maximum Gasteiger partial charge on any atom is 0.191 e. The summed E-state index contributed by atoms with van der Waals surface area (Å²) in [5.41, 5.74) is 0. The Morgan fingerprint density at radius 1 is 1.48 bits per heavy atom. The molecular formula is C14H22ClN3O2S. The molecule has 1 saturated carbocycles. The van der Waals surface area contributed by atoms with Crippen molar-refractivity contribution in [3.8, 4) is 0 Å².